The summed E-state index contributed by atoms with van der Waals surface area (Å²) in [6, 6.07) is 0. The van der Waals surface area contributed by atoms with Crippen molar-refractivity contribution in [3.8, 4) is 0 Å². The van der Waals surface area contributed by atoms with Crippen molar-refractivity contribution in [1.29, 1.82) is 0 Å². The molecule has 0 amide bonds. The fourth-order valence-corrected chi connectivity index (χ4v) is 2.19. The Kier molecular flexibility index (Phi) is 5.35. The summed E-state index contributed by atoms with van der Waals surface area (Å²) in [7, 11) is -0.456. The van der Waals surface area contributed by atoms with Crippen LogP contribution in [0.15, 0.2) is 0 Å². The number of hydrogen-bond donors (Lipinski definition) is 0. The van der Waals surface area contributed by atoms with Crippen molar-refractivity contribution in [3.05, 3.63) is 0 Å². The third-order valence-electron chi connectivity index (χ3n) is 1.68. The van der Waals surface area contributed by atoms with Gasteiger partial charge in [-0.3, -0.25) is 0 Å². The van der Waals surface area contributed by atoms with E-state index in [0.717, 1.165) is 0 Å². The number of unbranched alkanes of at least 4 members (excludes halogenated alkanes) is 3. The average Bonchev–Trinajstić information content (AvgIpc) is 1.78. The smallest absolute Gasteiger partial charge is 0.0586 e. The van der Waals surface area contributed by atoms with Crippen LogP contribution in [0.3, 0.4) is 0 Å². The highest BCUT2D eigenvalue weighted by Crippen LogP contribution is 2.47. The molecule has 0 bridgehead atoms. The summed E-state index contributed by atoms with van der Waals surface area (Å²) < 4.78 is 0. The monoisotopic (exact) mass is 161 g/mol. The molecule has 0 saturated carbocycles. The van der Waals surface area contributed by atoms with E-state index in [2.05, 4.69) is 26.9 Å². The zero-order valence-corrected chi connectivity index (χ0v) is 8.88. The van der Waals surface area contributed by atoms with Crippen LogP contribution in [0.4, 0.5) is 0 Å². The summed E-state index contributed by atoms with van der Waals surface area (Å²) in [5.41, 5.74) is 0. The molecule has 0 aromatic rings. The lowest BCUT2D eigenvalue weighted by Gasteiger charge is -2.10. The van der Waals surface area contributed by atoms with Crippen molar-refractivity contribution >= 4 is 7.26 Å². The summed E-state index contributed by atoms with van der Waals surface area (Å²) in [5, 5.41) is 0. The van der Waals surface area contributed by atoms with Crippen molar-refractivity contribution in [1.82, 2.24) is 0 Å². The Balaban J connectivity index is 3.04. The molecule has 0 unspecified atom stereocenters. The lowest BCUT2D eigenvalue weighted by Crippen LogP contribution is -1.92. The van der Waals surface area contributed by atoms with Crippen molar-refractivity contribution in [3.63, 3.8) is 0 Å². The van der Waals surface area contributed by atoms with Gasteiger partial charge in [0.25, 0.3) is 0 Å². The zero-order valence-electron chi connectivity index (χ0n) is 7.98. The standard InChI is InChI=1S/C9H22P/c1-5-6-7-8-9-10(2,3)4/h5-9H2,1-4H3/q+1. The summed E-state index contributed by atoms with van der Waals surface area (Å²) >= 11 is 0. The second-order valence-corrected chi connectivity index (χ2v) is 9.10. The summed E-state index contributed by atoms with van der Waals surface area (Å²) in [6.07, 6.45) is 7.20. The van der Waals surface area contributed by atoms with Gasteiger partial charge in [-0.2, -0.15) is 0 Å². The van der Waals surface area contributed by atoms with E-state index in [9.17, 15) is 0 Å². The Hall–Kier alpha value is 0.430. The largest absolute Gasteiger partial charge is 0.0654 e. The van der Waals surface area contributed by atoms with Gasteiger partial charge in [0, 0.05) is 27.3 Å². The van der Waals surface area contributed by atoms with E-state index in [-0.39, 0.29) is 0 Å². The van der Waals surface area contributed by atoms with Crippen LogP contribution in [-0.2, 0) is 0 Å². The second-order valence-electron chi connectivity index (χ2n) is 4.07. The first-order valence-electron chi connectivity index (χ1n) is 4.36. The Labute approximate surface area is 66.7 Å². The molecule has 10 heavy (non-hydrogen) atoms. The van der Waals surface area contributed by atoms with Gasteiger partial charge in [-0.1, -0.05) is 19.8 Å². The van der Waals surface area contributed by atoms with Crippen molar-refractivity contribution in [2.75, 3.05) is 26.2 Å². The predicted octanol–water partition coefficient (Wildman–Crippen LogP) is 3.47. The highest BCUT2D eigenvalue weighted by atomic mass is 31.2. The maximum absolute atomic E-state index is 2.43. The van der Waals surface area contributed by atoms with Crippen molar-refractivity contribution in [2.24, 2.45) is 0 Å². The van der Waals surface area contributed by atoms with Gasteiger partial charge in [-0.15, -0.1) is 0 Å². The second kappa shape index (κ2) is 5.13. The maximum Gasteiger partial charge on any atom is 0.0586 e. The van der Waals surface area contributed by atoms with E-state index >= 15 is 0 Å². The first-order valence-corrected chi connectivity index (χ1v) is 7.68. The van der Waals surface area contributed by atoms with Crippen molar-refractivity contribution < 1.29 is 0 Å². The lowest BCUT2D eigenvalue weighted by molar-refractivity contribution is 0.704. The van der Waals surface area contributed by atoms with Crippen LogP contribution in [0.2, 0.25) is 0 Å². The molecule has 0 fully saturated rings. The Bertz CT molecular complexity index is 71.3. The molecule has 0 atom stereocenters. The molecule has 62 valence electrons. The first kappa shape index (κ1) is 10.4. The van der Waals surface area contributed by atoms with E-state index in [1.807, 2.05) is 0 Å². The van der Waals surface area contributed by atoms with E-state index in [0.29, 0.717) is 0 Å². The minimum atomic E-state index is -0.456. The van der Waals surface area contributed by atoms with Gasteiger partial charge in [0.2, 0.25) is 0 Å². The molecule has 0 nitrogen and oxygen atoms in total. The van der Waals surface area contributed by atoms with Gasteiger partial charge < -0.3 is 0 Å². The fraction of sp³-hybridized carbons (Fsp3) is 1.00. The van der Waals surface area contributed by atoms with Gasteiger partial charge in [0.05, 0.1) is 6.16 Å². The lowest BCUT2D eigenvalue weighted by atomic mass is 10.2. The Morgan fingerprint density at radius 1 is 0.900 bits per heavy atom. The van der Waals surface area contributed by atoms with E-state index < -0.39 is 7.26 Å². The van der Waals surface area contributed by atoms with E-state index in [4.69, 9.17) is 0 Å². The number of rotatable bonds is 5. The van der Waals surface area contributed by atoms with E-state index in [1.165, 1.54) is 31.8 Å². The van der Waals surface area contributed by atoms with Crippen LogP contribution < -0.4 is 0 Å². The van der Waals surface area contributed by atoms with Gasteiger partial charge in [-0.25, -0.2) is 0 Å². The molecular formula is C9H22P+. The predicted molar refractivity (Wildman–Crippen MR) is 53.7 cm³/mol. The van der Waals surface area contributed by atoms with Crippen LogP contribution in [0.25, 0.3) is 0 Å². The number of hydrogen-bond acceptors (Lipinski definition) is 0. The average molecular weight is 161 g/mol. The van der Waals surface area contributed by atoms with E-state index in [1.54, 1.807) is 0 Å². The summed E-state index contributed by atoms with van der Waals surface area (Å²) in [6.45, 7) is 9.56. The molecule has 0 radical (unpaired) electrons. The van der Waals surface area contributed by atoms with Crippen molar-refractivity contribution in [2.45, 2.75) is 32.6 Å². The third kappa shape index (κ3) is 8.43. The summed E-state index contributed by atoms with van der Waals surface area (Å²) in [4.78, 5) is 0. The highest BCUT2D eigenvalue weighted by molar-refractivity contribution is 7.73. The van der Waals surface area contributed by atoms with Crippen LogP contribution >= 0.6 is 7.26 Å². The molecule has 0 saturated heterocycles. The molecule has 0 aromatic carbocycles. The minimum Gasteiger partial charge on any atom is -0.0654 e. The van der Waals surface area contributed by atoms with Crippen LogP contribution in [0.5, 0.6) is 0 Å². The fourth-order valence-electron chi connectivity index (χ4n) is 1.01. The minimum absolute atomic E-state index is 0.456. The molecule has 0 aromatic heterocycles. The van der Waals surface area contributed by atoms with Crippen LogP contribution in [0.1, 0.15) is 32.6 Å². The molecule has 0 heterocycles. The molecule has 0 rings (SSSR count). The van der Waals surface area contributed by atoms with Gasteiger partial charge in [-0.05, 0) is 12.8 Å². The van der Waals surface area contributed by atoms with Gasteiger partial charge >= 0.3 is 0 Å². The van der Waals surface area contributed by atoms with Crippen LogP contribution in [-0.4, -0.2) is 26.2 Å². The third-order valence-corrected chi connectivity index (χ3v) is 3.34. The summed E-state index contributed by atoms with van der Waals surface area (Å²) in [5.74, 6) is 0. The molecule has 0 aliphatic heterocycles. The first-order chi connectivity index (χ1) is 4.56. The SMILES string of the molecule is CCCCCC[P+](C)(C)C. The topological polar surface area (TPSA) is 0 Å². The maximum atomic E-state index is 2.43. The molecule has 0 aliphatic carbocycles. The molecule has 0 spiro atoms. The van der Waals surface area contributed by atoms with Gasteiger partial charge in [0.15, 0.2) is 0 Å². The van der Waals surface area contributed by atoms with Crippen LogP contribution in [0, 0.1) is 0 Å². The highest BCUT2D eigenvalue weighted by Gasteiger charge is 2.14. The Morgan fingerprint density at radius 3 is 1.90 bits per heavy atom. The molecular weight excluding hydrogens is 139 g/mol. The molecule has 1 heteroatoms. The normalized spacial score (nSPS) is 12.0. The molecule has 0 aliphatic rings. The molecule has 0 N–H and O–H groups in total. The zero-order chi connectivity index (χ0) is 8.04. The Morgan fingerprint density at radius 2 is 1.50 bits per heavy atom. The quantitative estimate of drug-likeness (QED) is 0.428. The van der Waals surface area contributed by atoms with Gasteiger partial charge in [0.1, 0.15) is 0 Å².